The fourth-order valence-corrected chi connectivity index (χ4v) is 4.96. The summed E-state index contributed by atoms with van der Waals surface area (Å²) in [7, 11) is 0. The number of phenols is 1. The van der Waals surface area contributed by atoms with E-state index in [0.717, 1.165) is 16.5 Å². The Labute approximate surface area is 210 Å². The number of phenolic OH excluding ortho intramolecular Hbond substituents is 1. The number of fused-ring (bicyclic) bond motifs is 1. The SMILES string of the molecule is O=C(NN=Cc1cc(I)c(O)c(I)c1)c1cc(-c2ccc(Cl)cc2)nc2ccccc12. The zero-order valence-electron chi connectivity index (χ0n) is 15.8. The first-order valence-corrected chi connectivity index (χ1v) is 11.6. The minimum atomic E-state index is -0.340. The molecular weight excluding hydrogens is 640 g/mol. The summed E-state index contributed by atoms with van der Waals surface area (Å²) in [5, 5.41) is 15.4. The van der Waals surface area contributed by atoms with Crippen LogP contribution in [0.3, 0.4) is 0 Å². The largest absolute Gasteiger partial charge is 0.506 e. The minimum absolute atomic E-state index is 0.236. The number of amides is 1. The van der Waals surface area contributed by atoms with E-state index in [-0.39, 0.29) is 11.7 Å². The summed E-state index contributed by atoms with van der Waals surface area (Å²) in [6, 6.07) is 20.1. The van der Waals surface area contributed by atoms with Gasteiger partial charge in [-0.2, -0.15) is 5.10 Å². The lowest BCUT2D eigenvalue weighted by molar-refractivity contribution is 0.0956. The Balaban J connectivity index is 1.66. The second kappa shape index (κ2) is 9.49. The van der Waals surface area contributed by atoms with Crippen molar-refractivity contribution in [3.63, 3.8) is 0 Å². The van der Waals surface area contributed by atoms with Crippen molar-refractivity contribution in [3.05, 3.63) is 90.0 Å². The Morgan fingerprint density at radius 3 is 2.42 bits per heavy atom. The van der Waals surface area contributed by atoms with E-state index in [1.54, 1.807) is 36.5 Å². The maximum absolute atomic E-state index is 13.0. The van der Waals surface area contributed by atoms with Gasteiger partial charge >= 0.3 is 0 Å². The molecule has 0 spiro atoms. The van der Waals surface area contributed by atoms with Crippen molar-refractivity contribution in [2.24, 2.45) is 5.10 Å². The van der Waals surface area contributed by atoms with Gasteiger partial charge in [0, 0.05) is 16.0 Å². The smallest absolute Gasteiger partial charge is 0.272 e. The van der Waals surface area contributed by atoms with Gasteiger partial charge in [-0.3, -0.25) is 4.79 Å². The first-order valence-electron chi connectivity index (χ1n) is 9.09. The maximum atomic E-state index is 13.0. The second-order valence-electron chi connectivity index (χ2n) is 6.61. The highest BCUT2D eigenvalue weighted by Crippen LogP contribution is 2.27. The number of hydrogen-bond donors (Lipinski definition) is 2. The molecule has 0 aliphatic carbocycles. The number of aromatic nitrogens is 1. The highest BCUT2D eigenvalue weighted by molar-refractivity contribution is 14.1. The van der Waals surface area contributed by atoms with Gasteiger partial charge in [-0.25, -0.2) is 10.4 Å². The van der Waals surface area contributed by atoms with Gasteiger partial charge < -0.3 is 5.11 Å². The molecular formula is C23H14ClI2N3O2. The first kappa shape index (κ1) is 22.0. The zero-order chi connectivity index (χ0) is 22.0. The zero-order valence-corrected chi connectivity index (χ0v) is 20.9. The Kier molecular flexibility index (Phi) is 6.73. The molecule has 0 saturated heterocycles. The molecule has 1 aromatic heterocycles. The van der Waals surface area contributed by atoms with Crippen LogP contribution < -0.4 is 5.43 Å². The number of pyridine rings is 1. The Hall–Kier alpha value is -2.24. The molecule has 2 N–H and O–H groups in total. The molecule has 1 heterocycles. The standard InChI is InChI=1S/C23H14ClI2N3O2/c24-15-7-5-14(6-8-15)21-11-17(16-3-1-2-4-20(16)28-21)23(31)29-27-12-13-9-18(25)22(30)19(26)10-13/h1-12,30H,(H,29,31). The summed E-state index contributed by atoms with van der Waals surface area (Å²) in [6.07, 6.45) is 1.55. The number of hydrazone groups is 1. The molecule has 0 saturated carbocycles. The first-order chi connectivity index (χ1) is 14.9. The third-order valence-corrected chi connectivity index (χ3v) is 6.42. The van der Waals surface area contributed by atoms with Gasteiger partial charge in [0.15, 0.2) is 0 Å². The van der Waals surface area contributed by atoms with Crippen molar-refractivity contribution in [3.8, 4) is 17.0 Å². The van der Waals surface area contributed by atoms with Crippen molar-refractivity contribution in [2.45, 2.75) is 0 Å². The second-order valence-corrected chi connectivity index (χ2v) is 9.37. The highest BCUT2D eigenvalue weighted by Gasteiger charge is 2.13. The van der Waals surface area contributed by atoms with E-state index >= 15 is 0 Å². The highest BCUT2D eigenvalue weighted by atomic mass is 127. The van der Waals surface area contributed by atoms with Gasteiger partial charge in [-0.05, 0) is 87.1 Å². The fraction of sp³-hybridized carbons (Fsp3) is 0. The molecule has 5 nitrogen and oxygen atoms in total. The van der Waals surface area contributed by atoms with Crippen LogP contribution in [0, 0.1) is 7.14 Å². The normalized spacial score (nSPS) is 11.2. The van der Waals surface area contributed by atoms with Crippen LogP contribution >= 0.6 is 56.8 Å². The Bertz CT molecular complexity index is 1300. The summed E-state index contributed by atoms with van der Waals surface area (Å²) in [4.78, 5) is 17.6. The lowest BCUT2D eigenvalue weighted by atomic mass is 10.0. The quantitative estimate of drug-likeness (QED) is 0.156. The monoisotopic (exact) mass is 653 g/mol. The molecule has 0 aliphatic heterocycles. The summed E-state index contributed by atoms with van der Waals surface area (Å²) in [5.74, 6) is -0.103. The van der Waals surface area contributed by atoms with Crippen molar-refractivity contribution in [1.82, 2.24) is 10.4 Å². The lowest BCUT2D eigenvalue weighted by Gasteiger charge is -2.09. The van der Waals surface area contributed by atoms with Crippen LogP contribution in [0.2, 0.25) is 5.02 Å². The van der Waals surface area contributed by atoms with Crippen molar-refractivity contribution < 1.29 is 9.90 Å². The number of para-hydroxylation sites is 1. The third-order valence-electron chi connectivity index (χ3n) is 4.52. The number of aromatic hydroxyl groups is 1. The number of carbonyl (C=O) groups excluding carboxylic acids is 1. The van der Waals surface area contributed by atoms with Gasteiger partial charge in [-0.1, -0.05) is 41.9 Å². The lowest BCUT2D eigenvalue weighted by Crippen LogP contribution is -2.18. The number of benzene rings is 3. The molecule has 8 heteroatoms. The van der Waals surface area contributed by atoms with Crippen LogP contribution in [0.15, 0.2) is 71.8 Å². The fourth-order valence-electron chi connectivity index (χ4n) is 3.02. The average Bonchev–Trinajstić information content (AvgIpc) is 2.77. The van der Waals surface area contributed by atoms with Gasteiger partial charge in [0.25, 0.3) is 5.91 Å². The Morgan fingerprint density at radius 2 is 1.71 bits per heavy atom. The molecule has 1 amide bonds. The molecule has 0 aliphatic rings. The predicted octanol–water partition coefficient (Wildman–Crippen LogP) is 6.23. The maximum Gasteiger partial charge on any atom is 0.272 e. The van der Waals surface area contributed by atoms with Gasteiger partial charge in [0.05, 0.1) is 30.1 Å². The molecule has 0 unspecified atom stereocenters. The minimum Gasteiger partial charge on any atom is -0.506 e. The van der Waals surface area contributed by atoms with E-state index < -0.39 is 0 Å². The number of nitrogens with one attached hydrogen (secondary N) is 1. The van der Waals surface area contributed by atoms with E-state index in [1.165, 1.54) is 0 Å². The van der Waals surface area contributed by atoms with Crippen LogP contribution in [-0.4, -0.2) is 22.2 Å². The van der Waals surface area contributed by atoms with E-state index in [0.29, 0.717) is 28.9 Å². The summed E-state index contributed by atoms with van der Waals surface area (Å²) in [6.45, 7) is 0. The predicted molar refractivity (Wildman–Crippen MR) is 141 cm³/mol. The molecule has 0 fully saturated rings. The molecule has 0 atom stereocenters. The topological polar surface area (TPSA) is 74.6 Å². The molecule has 154 valence electrons. The molecule has 3 aromatic carbocycles. The van der Waals surface area contributed by atoms with Gasteiger partial charge in [0.2, 0.25) is 0 Å². The molecule has 0 bridgehead atoms. The van der Waals surface area contributed by atoms with Crippen molar-refractivity contribution in [1.29, 1.82) is 0 Å². The van der Waals surface area contributed by atoms with Crippen LogP contribution in [0.5, 0.6) is 5.75 Å². The number of halogens is 3. The van der Waals surface area contributed by atoms with Gasteiger partial charge in [0.1, 0.15) is 5.75 Å². The molecule has 4 rings (SSSR count). The van der Waals surface area contributed by atoms with Crippen LogP contribution in [0.25, 0.3) is 22.2 Å². The molecule has 4 aromatic rings. The molecule has 31 heavy (non-hydrogen) atoms. The Morgan fingerprint density at radius 1 is 1.03 bits per heavy atom. The van der Waals surface area contributed by atoms with Gasteiger partial charge in [-0.15, -0.1) is 0 Å². The van der Waals surface area contributed by atoms with Crippen molar-refractivity contribution >= 4 is 79.8 Å². The number of nitrogens with zero attached hydrogens (tertiary/aromatic N) is 2. The van der Waals surface area contributed by atoms with E-state index in [9.17, 15) is 9.90 Å². The van der Waals surface area contributed by atoms with Crippen molar-refractivity contribution in [2.75, 3.05) is 0 Å². The molecule has 0 radical (unpaired) electrons. The van der Waals surface area contributed by atoms with Crippen LogP contribution in [-0.2, 0) is 0 Å². The average molecular weight is 654 g/mol. The van der Waals surface area contributed by atoms with E-state index in [2.05, 4.69) is 60.7 Å². The third kappa shape index (κ3) is 4.99. The van der Waals surface area contributed by atoms with E-state index in [4.69, 9.17) is 11.6 Å². The van der Waals surface area contributed by atoms with Crippen LogP contribution in [0.1, 0.15) is 15.9 Å². The van der Waals surface area contributed by atoms with Crippen LogP contribution in [0.4, 0.5) is 0 Å². The summed E-state index contributed by atoms with van der Waals surface area (Å²) in [5.41, 5.74) is 6.09. The summed E-state index contributed by atoms with van der Waals surface area (Å²) >= 11 is 10.1. The summed E-state index contributed by atoms with van der Waals surface area (Å²) < 4.78 is 1.43. The number of hydrogen-bond acceptors (Lipinski definition) is 4. The van der Waals surface area contributed by atoms with E-state index in [1.807, 2.05) is 36.4 Å². The number of rotatable bonds is 4. The number of carbonyl (C=O) groups is 1.